The fourth-order valence-electron chi connectivity index (χ4n) is 6.48. The third-order valence-corrected chi connectivity index (χ3v) is 9.51. The molecular formula is C39H44F3N3O3. The van der Waals surface area contributed by atoms with Crippen LogP contribution in [-0.4, -0.2) is 25.2 Å². The summed E-state index contributed by atoms with van der Waals surface area (Å²) in [5.41, 5.74) is 3.48. The lowest BCUT2D eigenvalue weighted by atomic mass is 10.0. The molecule has 0 radical (unpaired) electrons. The summed E-state index contributed by atoms with van der Waals surface area (Å²) in [6, 6.07) is 16.1. The van der Waals surface area contributed by atoms with Gasteiger partial charge in [0.1, 0.15) is 34.3 Å². The molecule has 3 atom stereocenters. The smallest absolute Gasteiger partial charge is 0.169 e. The predicted octanol–water partition coefficient (Wildman–Crippen LogP) is 9.10. The van der Waals surface area contributed by atoms with Gasteiger partial charge in [-0.2, -0.15) is 0 Å². The zero-order chi connectivity index (χ0) is 33.8. The Kier molecular flexibility index (Phi) is 10.6. The number of hydrogen-bond donors (Lipinski definition) is 3. The van der Waals surface area contributed by atoms with Crippen molar-refractivity contribution in [3.05, 3.63) is 107 Å². The van der Waals surface area contributed by atoms with Gasteiger partial charge in [0.2, 0.25) is 0 Å². The first-order chi connectivity index (χ1) is 23.3. The van der Waals surface area contributed by atoms with E-state index < -0.39 is 0 Å². The fourth-order valence-corrected chi connectivity index (χ4v) is 6.48. The molecule has 3 N–H and O–H groups in total. The zero-order valence-electron chi connectivity index (χ0n) is 28.0. The van der Waals surface area contributed by atoms with Gasteiger partial charge in [-0.15, -0.1) is 0 Å². The molecule has 0 aliphatic heterocycles. The van der Waals surface area contributed by atoms with Crippen molar-refractivity contribution in [2.24, 2.45) is 0 Å². The number of rotatable bonds is 16. The van der Waals surface area contributed by atoms with Crippen LogP contribution in [0.3, 0.4) is 0 Å². The largest absolute Gasteiger partial charge is 0.461 e. The van der Waals surface area contributed by atoms with E-state index in [2.05, 4.69) is 29.8 Å². The van der Waals surface area contributed by atoms with Crippen LogP contribution in [0.15, 0.2) is 74.1 Å². The molecule has 254 valence electrons. The highest BCUT2D eigenvalue weighted by molar-refractivity contribution is 5.80. The van der Waals surface area contributed by atoms with Gasteiger partial charge in [0.05, 0.1) is 24.7 Å². The molecule has 0 aliphatic carbocycles. The van der Waals surface area contributed by atoms with E-state index in [1.54, 1.807) is 30.3 Å². The van der Waals surface area contributed by atoms with E-state index in [-0.39, 0.29) is 41.2 Å². The van der Waals surface area contributed by atoms with Crippen LogP contribution in [0.1, 0.15) is 68.2 Å². The number of fused-ring (bicyclic) bond motifs is 3. The van der Waals surface area contributed by atoms with Gasteiger partial charge in [0, 0.05) is 28.9 Å². The normalized spacial score (nSPS) is 14.0. The van der Waals surface area contributed by atoms with E-state index >= 15 is 4.39 Å². The second kappa shape index (κ2) is 15.0. The van der Waals surface area contributed by atoms with Crippen LogP contribution in [0.5, 0.6) is 0 Å². The predicted molar refractivity (Wildman–Crippen MR) is 185 cm³/mol. The average Bonchev–Trinajstić information content (AvgIpc) is 3.83. The summed E-state index contributed by atoms with van der Waals surface area (Å²) >= 11 is 0. The van der Waals surface area contributed by atoms with E-state index in [1.807, 2.05) is 32.2 Å². The molecule has 0 spiro atoms. The van der Waals surface area contributed by atoms with Gasteiger partial charge >= 0.3 is 0 Å². The molecule has 0 saturated carbocycles. The van der Waals surface area contributed by atoms with Crippen LogP contribution in [0, 0.1) is 17.5 Å². The standard InChI is InChI=1S/C39H44F3N3O3/c1-5-28(43-4)12-23-13-35(41)33-20-32(48-37(33)14-23)22-45-30(7-3)16-26-19-36-27(18-34(26)40)17-31(47-36)21-44-29(6-2)15-25-9-8-24-10-11-46-39(24)38(25)42/h8-11,13-14,17-20,28-30,43-45H,5-7,12,15-16,21-22H2,1-4H3. The van der Waals surface area contributed by atoms with Crippen molar-refractivity contribution < 1.29 is 26.4 Å². The molecule has 6 aromatic rings. The summed E-state index contributed by atoms with van der Waals surface area (Å²) in [4.78, 5) is 0. The molecule has 3 heterocycles. The summed E-state index contributed by atoms with van der Waals surface area (Å²) in [5, 5.41) is 12.1. The Labute approximate surface area is 279 Å². The molecule has 3 unspecified atom stereocenters. The Morgan fingerprint density at radius 2 is 1.33 bits per heavy atom. The van der Waals surface area contributed by atoms with Gasteiger partial charge in [0.25, 0.3) is 0 Å². The average molecular weight is 660 g/mol. The number of likely N-dealkylation sites (N-methyl/N-ethyl adjacent to an activating group) is 1. The lowest BCUT2D eigenvalue weighted by molar-refractivity contribution is 0.438. The maximum absolute atomic E-state index is 15.3. The van der Waals surface area contributed by atoms with Gasteiger partial charge in [-0.25, -0.2) is 13.2 Å². The molecule has 0 saturated heterocycles. The van der Waals surface area contributed by atoms with Crippen LogP contribution < -0.4 is 16.0 Å². The molecule has 3 aromatic carbocycles. The minimum absolute atomic E-state index is 0.0147. The van der Waals surface area contributed by atoms with E-state index in [4.69, 9.17) is 13.3 Å². The Morgan fingerprint density at radius 3 is 2.04 bits per heavy atom. The molecule has 0 bridgehead atoms. The number of nitrogens with one attached hydrogen (secondary N) is 3. The summed E-state index contributed by atoms with van der Waals surface area (Å²) in [6.07, 6.45) is 5.68. The third kappa shape index (κ3) is 7.48. The Bertz CT molecular complexity index is 1990. The van der Waals surface area contributed by atoms with Crippen LogP contribution in [0.4, 0.5) is 13.2 Å². The van der Waals surface area contributed by atoms with Crippen molar-refractivity contribution in [2.45, 2.75) is 90.5 Å². The van der Waals surface area contributed by atoms with Crippen molar-refractivity contribution in [3.63, 3.8) is 0 Å². The molecule has 0 aliphatic rings. The first-order valence-electron chi connectivity index (χ1n) is 17.0. The lowest BCUT2D eigenvalue weighted by Crippen LogP contribution is -2.30. The third-order valence-electron chi connectivity index (χ3n) is 9.51. The second-order valence-corrected chi connectivity index (χ2v) is 12.8. The topological polar surface area (TPSA) is 75.5 Å². The number of furan rings is 3. The first-order valence-corrected chi connectivity index (χ1v) is 17.0. The van der Waals surface area contributed by atoms with Gasteiger partial charge in [0.15, 0.2) is 11.4 Å². The van der Waals surface area contributed by atoms with Gasteiger partial charge in [-0.1, -0.05) is 32.9 Å². The quantitative estimate of drug-likeness (QED) is 0.0963. The van der Waals surface area contributed by atoms with E-state index in [9.17, 15) is 8.78 Å². The minimum Gasteiger partial charge on any atom is -0.461 e. The summed E-state index contributed by atoms with van der Waals surface area (Å²) in [7, 11) is 1.91. The maximum Gasteiger partial charge on any atom is 0.169 e. The Balaban J connectivity index is 1.08. The monoisotopic (exact) mass is 659 g/mol. The zero-order valence-corrected chi connectivity index (χ0v) is 28.0. The Morgan fingerprint density at radius 1 is 0.646 bits per heavy atom. The van der Waals surface area contributed by atoms with E-state index in [1.165, 1.54) is 12.3 Å². The Hall–Kier alpha value is -4.05. The molecule has 48 heavy (non-hydrogen) atoms. The highest BCUT2D eigenvalue weighted by atomic mass is 19.1. The highest BCUT2D eigenvalue weighted by Gasteiger charge is 2.18. The molecule has 6 nitrogen and oxygen atoms in total. The summed E-state index contributed by atoms with van der Waals surface area (Å²) in [6.45, 7) is 7.03. The maximum atomic E-state index is 15.3. The van der Waals surface area contributed by atoms with Gasteiger partial charge in [-0.05, 0) is 105 Å². The number of halogens is 3. The number of benzene rings is 3. The van der Waals surface area contributed by atoms with Crippen LogP contribution in [0.2, 0.25) is 0 Å². The van der Waals surface area contributed by atoms with E-state index in [0.29, 0.717) is 70.5 Å². The molecular weight excluding hydrogens is 615 g/mol. The first kappa shape index (κ1) is 33.8. The summed E-state index contributed by atoms with van der Waals surface area (Å²) in [5.74, 6) is 0.418. The van der Waals surface area contributed by atoms with Crippen molar-refractivity contribution in [1.82, 2.24) is 16.0 Å². The fraction of sp³-hybridized carbons (Fsp3) is 0.385. The molecule has 6 rings (SSSR count). The SMILES string of the molecule is CCC(Cc1cc(F)c2cc(CNC(CC)Cc3cc4oc(CNC(CC)Cc5ccc6ccoc6c5F)cc4cc3F)oc2c1)NC. The number of hydrogen-bond acceptors (Lipinski definition) is 6. The molecule has 3 aromatic heterocycles. The van der Waals surface area contributed by atoms with Crippen molar-refractivity contribution in [3.8, 4) is 0 Å². The van der Waals surface area contributed by atoms with Crippen LogP contribution >= 0.6 is 0 Å². The van der Waals surface area contributed by atoms with Crippen molar-refractivity contribution in [2.75, 3.05) is 7.05 Å². The summed E-state index contributed by atoms with van der Waals surface area (Å²) < 4.78 is 62.6. The lowest BCUT2D eigenvalue weighted by Gasteiger charge is -2.17. The van der Waals surface area contributed by atoms with Gasteiger partial charge < -0.3 is 29.2 Å². The van der Waals surface area contributed by atoms with E-state index in [0.717, 1.165) is 36.6 Å². The van der Waals surface area contributed by atoms with Gasteiger partial charge in [-0.3, -0.25) is 0 Å². The van der Waals surface area contributed by atoms with Crippen molar-refractivity contribution >= 4 is 32.9 Å². The molecule has 9 heteroatoms. The molecule has 0 amide bonds. The van der Waals surface area contributed by atoms with Crippen LogP contribution in [0.25, 0.3) is 32.9 Å². The highest BCUT2D eigenvalue weighted by Crippen LogP contribution is 2.28. The van der Waals surface area contributed by atoms with Crippen LogP contribution in [-0.2, 0) is 32.4 Å². The second-order valence-electron chi connectivity index (χ2n) is 12.8. The van der Waals surface area contributed by atoms with Crippen molar-refractivity contribution in [1.29, 1.82) is 0 Å². The molecule has 0 fully saturated rings. The minimum atomic E-state index is -0.324.